The van der Waals surface area contributed by atoms with Crippen molar-refractivity contribution in [2.24, 2.45) is 5.92 Å². The summed E-state index contributed by atoms with van der Waals surface area (Å²) in [4.78, 5) is 2.29. The molecule has 0 bridgehead atoms. The third kappa shape index (κ3) is 7.30. The molecule has 3 nitrogen and oxygen atoms in total. The van der Waals surface area contributed by atoms with Crippen LogP contribution in [0.15, 0.2) is 0 Å². The molecule has 0 amide bonds. The predicted octanol–water partition coefficient (Wildman–Crippen LogP) is 0.936. The van der Waals surface area contributed by atoms with E-state index in [4.69, 9.17) is 5.11 Å². The first-order chi connectivity index (χ1) is 6.74. The SMILES string of the molecule is CCCNCC(C)CN(CC)CCO. The third-order valence-corrected chi connectivity index (χ3v) is 2.35. The fourth-order valence-electron chi connectivity index (χ4n) is 1.55. The summed E-state index contributed by atoms with van der Waals surface area (Å²) in [6.45, 7) is 11.9. The van der Waals surface area contributed by atoms with Crippen molar-refractivity contribution in [2.75, 3.05) is 39.3 Å². The lowest BCUT2D eigenvalue weighted by atomic mass is 10.1. The standard InChI is InChI=1S/C11H26N2O/c1-4-6-12-9-11(3)10-13(5-2)7-8-14/h11-12,14H,4-10H2,1-3H3. The number of hydrogen-bond acceptors (Lipinski definition) is 3. The fraction of sp³-hybridized carbons (Fsp3) is 1.00. The molecule has 1 atom stereocenters. The minimum atomic E-state index is 0.267. The predicted molar refractivity (Wildman–Crippen MR) is 61.5 cm³/mol. The van der Waals surface area contributed by atoms with Gasteiger partial charge in [0.1, 0.15) is 0 Å². The van der Waals surface area contributed by atoms with Crippen molar-refractivity contribution in [1.82, 2.24) is 10.2 Å². The molecule has 0 aliphatic heterocycles. The molecule has 0 spiro atoms. The molecular formula is C11H26N2O. The van der Waals surface area contributed by atoms with Crippen LogP contribution < -0.4 is 5.32 Å². The number of likely N-dealkylation sites (N-methyl/N-ethyl adjacent to an activating group) is 1. The molecule has 0 rings (SSSR count). The monoisotopic (exact) mass is 202 g/mol. The minimum absolute atomic E-state index is 0.267. The van der Waals surface area contributed by atoms with Gasteiger partial charge in [0, 0.05) is 13.1 Å². The van der Waals surface area contributed by atoms with Crippen LogP contribution in [0.4, 0.5) is 0 Å². The molecule has 1 unspecified atom stereocenters. The average molecular weight is 202 g/mol. The Bertz CT molecular complexity index is 120. The molecular weight excluding hydrogens is 176 g/mol. The van der Waals surface area contributed by atoms with E-state index in [1.54, 1.807) is 0 Å². The van der Waals surface area contributed by atoms with Crippen molar-refractivity contribution in [3.05, 3.63) is 0 Å². The van der Waals surface area contributed by atoms with Crippen LogP contribution in [0.3, 0.4) is 0 Å². The molecule has 14 heavy (non-hydrogen) atoms. The smallest absolute Gasteiger partial charge is 0.0558 e. The highest BCUT2D eigenvalue weighted by atomic mass is 16.3. The number of aliphatic hydroxyl groups is 1. The first-order valence-corrected chi connectivity index (χ1v) is 5.78. The molecule has 3 heteroatoms. The second-order valence-electron chi connectivity index (χ2n) is 3.93. The Balaban J connectivity index is 3.51. The Labute approximate surface area is 88.5 Å². The maximum Gasteiger partial charge on any atom is 0.0558 e. The van der Waals surface area contributed by atoms with Gasteiger partial charge in [0.05, 0.1) is 6.61 Å². The van der Waals surface area contributed by atoms with Crippen LogP contribution in [-0.4, -0.2) is 49.3 Å². The summed E-state index contributed by atoms with van der Waals surface area (Å²) in [5.41, 5.74) is 0. The molecule has 0 saturated heterocycles. The zero-order valence-corrected chi connectivity index (χ0v) is 9.92. The molecule has 0 radical (unpaired) electrons. The quantitative estimate of drug-likeness (QED) is 0.546. The molecule has 0 aromatic carbocycles. The van der Waals surface area contributed by atoms with E-state index in [-0.39, 0.29) is 6.61 Å². The van der Waals surface area contributed by atoms with E-state index in [0.717, 1.165) is 32.7 Å². The maximum absolute atomic E-state index is 8.84. The third-order valence-electron chi connectivity index (χ3n) is 2.35. The lowest BCUT2D eigenvalue weighted by Gasteiger charge is -2.23. The van der Waals surface area contributed by atoms with E-state index in [1.807, 2.05) is 0 Å². The summed E-state index contributed by atoms with van der Waals surface area (Å²) in [6, 6.07) is 0. The van der Waals surface area contributed by atoms with Gasteiger partial charge in [0.2, 0.25) is 0 Å². The first-order valence-electron chi connectivity index (χ1n) is 5.78. The number of hydrogen-bond donors (Lipinski definition) is 2. The first kappa shape index (κ1) is 13.9. The summed E-state index contributed by atoms with van der Waals surface area (Å²) in [7, 11) is 0. The van der Waals surface area contributed by atoms with E-state index >= 15 is 0 Å². The number of aliphatic hydroxyl groups excluding tert-OH is 1. The lowest BCUT2D eigenvalue weighted by molar-refractivity contribution is 0.184. The number of nitrogens with zero attached hydrogens (tertiary/aromatic N) is 1. The van der Waals surface area contributed by atoms with Crippen LogP contribution in [0.2, 0.25) is 0 Å². The van der Waals surface area contributed by atoms with Gasteiger partial charge in [-0.1, -0.05) is 20.8 Å². The van der Waals surface area contributed by atoms with Gasteiger partial charge in [-0.15, -0.1) is 0 Å². The Hall–Kier alpha value is -0.120. The van der Waals surface area contributed by atoms with Crippen molar-refractivity contribution in [3.8, 4) is 0 Å². The van der Waals surface area contributed by atoms with Crippen molar-refractivity contribution >= 4 is 0 Å². The Kier molecular flexibility index (Phi) is 9.35. The highest BCUT2D eigenvalue weighted by Crippen LogP contribution is 1.98. The van der Waals surface area contributed by atoms with Gasteiger partial charge in [-0.05, 0) is 32.0 Å². The van der Waals surface area contributed by atoms with Crippen molar-refractivity contribution in [1.29, 1.82) is 0 Å². The number of rotatable bonds is 9. The van der Waals surface area contributed by atoms with Gasteiger partial charge < -0.3 is 15.3 Å². The highest BCUT2D eigenvalue weighted by molar-refractivity contribution is 4.63. The Morgan fingerprint density at radius 2 is 2.07 bits per heavy atom. The zero-order valence-electron chi connectivity index (χ0n) is 9.92. The lowest BCUT2D eigenvalue weighted by Crippen LogP contribution is -2.35. The molecule has 0 aliphatic rings. The molecule has 0 aromatic heterocycles. The van der Waals surface area contributed by atoms with Gasteiger partial charge in [0.25, 0.3) is 0 Å². The van der Waals surface area contributed by atoms with E-state index in [9.17, 15) is 0 Å². The highest BCUT2D eigenvalue weighted by Gasteiger charge is 2.07. The van der Waals surface area contributed by atoms with E-state index in [0.29, 0.717) is 5.92 Å². The molecule has 86 valence electrons. The van der Waals surface area contributed by atoms with Gasteiger partial charge in [-0.2, -0.15) is 0 Å². The molecule has 0 fully saturated rings. The molecule has 2 N–H and O–H groups in total. The van der Waals surface area contributed by atoms with Crippen molar-refractivity contribution in [2.45, 2.75) is 27.2 Å². The maximum atomic E-state index is 8.84. The largest absolute Gasteiger partial charge is 0.395 e. The van der Waals surface area contributed by atoms with Crippen LogP contribution in [0.25, 0.3) is 0 Å². The summed E-state index contributed by atoms with van der Waals surface area (Å²) >= 11 is 0. The summed E-state index contributed by atoms with van der Waals surface area (Å²) < 4.78 is 0. The minimum Gasteiger partial charge on any atom is -0.395 e. The van der Waals surface area contributed by atoms with E-state index in [2.05, 4.69) is 31.0 Å². The topological polar surface area (TPSA) is 35.5 Å². The number of nitrogens with one attached hydrogen (secondary N) is 1. The van der Waals surface area contributed by atoms with Crippen LogP contribution in [0.1, 0.15) is 27.2 Å². The molecule has 0 heterocycles. The van der Waals surface area contributed by atoms with Crippen LogP contribution in [-0.2, 0) is 0 Å². The molecule has 0 aromatic rings. The molecule has 0 saturated carbocycles. The average Bonchev–Trinajstić information content (AvgIpc) is 2.17. The zero-order chi connectivity index (χ0) is 10.8. The van der Waals surface area contributed by atoms with Gasteiger partial charge in [-0.3, -0.25) is 0 Å². The summed E-state index contributed by atoms with van der Waals surface area (Å²) in [5, 5.41) is 12.3. The van der Waals surface area contributed by atoms with E-state index < -0.39 is 0 Å². The Morgan fingerprint density at radius 1 is 1.36 bits per heavy atom. The fourth-order valence-corrected chi connectivity index (χ4v) is 1.55. The second-order valence-corrected chi connectivity index (χ2v) is 3.93. The van der Waals surface area contributed by atoms with Crippen LogP contribution in [0.5, 0.6) is 0 Å². The normalized spacial score (nSPS) is 13.5. The van der Waals surface area contributed by atoms with Gasteiger partial charge in [0.15, 0.2) is 0 Å². The summed E-state index contributed by atoms with van der Waals surface area (Å²) in [6.07, 6.45) is 1.20. The second kappa shape index (κ2) is 9.44. The van der Waals surface area contributed by atoms with Crippen molar-refractivity contribution in [3.63, 3.8) is 0 Å². The summed E-state index contributed by atoms with van der Waals surface area (Å²) in [5.74, 6) is 0.660. The Morgan fingerprint density at radius 3 is 2.57 bits per heavy atom. The van der Waals surface area contributed by atoms with Crippen LogP contribution >= 0.6 is 0 Å². The van der Waals surface area contributed by atoms with Crippen LogP contribution in [0, 0.1) is 5.92 Å². The van der Waals surface area contributed by atoms with Gasteiger partial charge >= 0.3 is 0 Å². The molecule has 0 aliphatic carbocycles. The van der Waals surface area contributed by atoms with E-state index in [1.165, 1.54) is 6.42 Å². The van der Waals surface area contributed by atoms with Gasteiger partial charge in [-0.25, -0.2) is 0 Å². The van der Waals surface area contributed by atoms with Crippen molar-refractivity contribution < 1.29 is 5.11 Å².